The smallest absolute Gasteiger partial charge is 0.244 e. The first-order valence-electron chi connectivity index (χ1n) is 11.8. The van der Waals surface area contributed by atoms with Crippen LogP contribution in [0.2, 0.25) is 0 Å². The zero-order valence-electron chi connectivity index (χ0n) is 21.9. The number of ether oxygens (including phenoxy) is 2. The summed E-state index contributed by atoms with van der Waals surface area (Å²) in [5.41, 5.74) is 2.00. The Kier molecular flexibility index (Phi) is 10.6. The predicted molar refractivity (Wildman–Crippen MR) is 141 cm³/mol. The quantitative estimate of drug-likeness (QED) is 0.408. The average Bonchev–Trinajstić information content (AvgIpc) is 2.85. The Hall–Kier alpha value is -3.27. The Morgan fingerprint density at radius 2 is 1.78 bits per heavy atom. The summed E-state index contributed by atoms with van der Waals surface area (Å²) in [6, 6.07) is 11.5. The first-order chi connectivity index (χ1) is 17.0. The van der Waals surface area contributed by atoms with E-state index in [9.17, 15) is 18.0 Å². The average molecular weight is 520 g/mol. The van der Waals surface area contributed by atoms with Crippen LogP contribution >= 0.6 is 0 Å². The summed E-state index contributed by atoms with van der Waals surface area (Å²) in [5.74, 6) is -0.140. The van der Waals surface area contributed by atoms with E-state index in [0.29, 0.717) is 12.3 Å². The zero-order chi connectivity index (χ0) is 26.9. The lowest BCUT2D eigenvalue weighted by Crippen LogP contribution is -2.51. The number of hydrogen-bond donors (Lipinski definition) is 1. The maximum Gasteiger partial charge on any atom is 0.244 e. The number of rotatable bonds is 13. The van der Waals surface area contributed by atoms with Gasteiger partial charge in [0.1, 0.15) is 24.1 Å². The Labute approximate surface area is 214 Å². The van der Waals surface area contributed by atoms with E-state index in [0.717, 1.165) is 34.5 Å². The standard InChI is InChI=1S/C26H37N3O6S/c1-7-8-15-27-26(31)20(3)28(17-21-12-10-9-11-19(21)2)25(30)18-29(36(6,32)33)23-16-22(34-4)13-14-24(23)35-5/h9-14,16,20H,7-8,15,17-18H2,1-6H3,(H,27,31)/t20-/m0/s1. The van der Waals surface area contributed by atoms with Gasteiger partial charge in [-0.05, 0) is 43.5 Å². The van der Waals surface area contributed by atoms with Crippen molar-refractivity contribution in [2.45, 2.75) is 46.2 Å². The molecule has 2 amide bonds. The Bertz CT molecular complexity index is 1150. The van der Waals surface area contributed by atoms with Gasteiger partial charge in [0, 0.05) is 19.2 Å². The van der Waals surface area contributed by atoms with E-state index in [1.54, 1.807) is 19.1 Å². The van der Waals surface area contributed by atoms with Crippen molar-refractivity contribution < 1.29 is 27.5 Å². The normalized spacial score (nSPS) is 11.9. The van der Waals surface area contributed by atoms with Crippen LogP contribution in [0.1, 0.15) is 37.8 Å². The molecule has 2 rings (SSSR count). The molecule has 1 N–H and O–H groups in total. The number of anilines is 1. The molecule has 0 saturated heterocycles. The number of sulfonamides is 1. The lowest BCUT2D eigenvalue weighted by atomic mass is 10.1. The lowest BCUT2D eigenvalue weighted by Gasteiger charge is -2.32. The van der Waals surface area contributed by atoms with Crippen LogP contribution in [0.5, 0.6) is 11.5 Å². The molecule has 0 fully saturated rings. The molecule has 9 nitrogen and oxygen atoms in total. The Morgan fingerprint density at radius 3 is 2.36 bits per heavy atom. The number of unbranched alkanes of at least 4 members (excludes halogenated alkanes) is 1. The third-order valence-corrected chi connectivity index (χ3v) is 7.06. The molecule has 36 heavy (non-hydrogen) atoms. The molecule has 0 heterocycles. The van der Waals surface area contributed by atoms with Crippen molar-refractivity contribution in [3.8, 4) is 11.5 Å². The van der Waals surface area contributed by atoms with Crippen molar-refractivity contribution in [2.24, 2.45) is 0 Å². The molecular formula is C26H37N3O6S. The van der Waals surface area contributed by atoms with Crippen LogP contribution in [0.4, 0.5) is 5.69 Å². The van der Waals surface area contributed by atoms with Gasteiger partial charge in [0.2, 0.25) is 21.8 Å². The van der Waals surface area contributed by atoms with Crippen LogP contribution in [0.3, 0.4) is 0 Å². The minimum Gasteiger partial charge on any atom is -0.497 e. The molecule has 0 saturated carbocycles. The summed E-state index contributed by atoms with van der Waals surface area (Å²) in [6.07, 6.45) is 2.76. The molecule has 0 spiro atoms. The van der Waals surface area contributed by atoms with Gasteiger partial charge in [-0.1, -0.05) is 37.6 Å². The van der Waals surface area contributed by atoms with Crippen LogP contribution in [0.15, 0.2) is 42.5 Å². The van der Waals surface area contributed by atoms with Crippen LogP contribution in [-0.2, 0) is 26.2 Å². The number of carbonyl (C=O) groups excluding carboxylic acids is 2. The third kappa shape index (κ3) is 7.61. The molecule has 0 radical (unpaired) electrons. The number of methoxy groups -OCH3 is 2. The van der Waals surface area contributed by atoms with Crippen molar-refractivity contribution >= 4 is 27.5 Å². The molecule has 2 aromatic rings. The zero-order valence-corrected chi connectivity index (χ0v) is 22.7. The summed E-state index contributed by atoms with van der Waals surface area (Å²) >= 11 is 0. The van der Waals surface area contributed by atoms with Gasteiger partial charge in [-0.15, -0.1) is 0 Å². The molecule has 0 aromatic heterocycles. The fourth-order valence-corrected chi connectivity index (χ4v) is 4.52. The Balaban J connectivity index is 2.46. The number of aryl methyl sites for hydroxylation is 1. The van der Waals surface area contributed by atoms with Crippen LogP contribution in [0, 0.1) is 6.92 Å². The first kappa shape index (κ1) is 29.0. The number of benzene rings is 2. The topological polar surface area (TPSA) is 105 Å². The van der Waals surface area contributed by atoms with Crippen molar-refractivity contribution in [1.29, 1.82) is 0 Å². The number of hydrogen-bond acceptors (Lipinski definition) is 6. The third-order valence-electron chi connectivity index (χ3n) is 5.93. The van der Waals surface area contributed by atoms with E-state index in [-0.39, 0.29) is 23.9 Å². The molecule has 198 valence electrons. The van der Waals surface area contributed by atoms with Crippen molar-refractivity contribution in [3.63, 3.8) is 0 Å². The van der Waals surface area contributed by atoms with Gasteiger partial charge in [-0.3, -0.25) is 13.9 Å². The van der Waals surface area contributed by atoms with Crippen LogP contribution in [-0.4, -0.2) is 64.7 Å². The van der Waals surface area contributed by atoms with Crippen molar-refractivity contribution in [3.05, 3.63) is 53.6 Å². The molecule has 0 bridgehead atoms. The molecule has 1 atom stereocenters. The highest BCUT2D eigenvalue weighted by molar-refractivity contribution is 7.92. The number of carbonyl (C=O) groups is 2. The van der Waals surface area contributed by atoms with E-state index in [2.05, 4.69) is 5.32 Å². The first-order valence-corrected chi connectivity index (χ1v) is 13.7. The summed E-state index contributed by atoms with van der Waals surface area (Å²) in [5, 5.41) is 2.87. The Morgan fingerprint density at radius 1 is 1.08 bits per heavy atom. The highest BCUT2D eigenvalue weighted by Gasteiger charge is 2.31. The fraction of sp³-hybridized carbons (Fsp3) is 0.462. The van der Waals surface area contributed by atoms with Crippen molar-refractivity contribution in [2.75, 3.05) is 37.9 Å². The second kappa shape index (κ2) is 13.2. The van der Waals surface area contributed by atoms with Gasteiger partial charge in [0.05, 0.1) is 26.2 Å². The number of amides is 2. The highest BCUT2D eigenvalue weighted by atomic mass is 32.2. The largest absolute Gasteiger partial charge is 0.497 e. The van der Waals surface area contributed by atoms with Gasteiger partial charge in [0.15, 0.2) is 0 Å². The molecular weight excluding hydrogens is 482 g/mol. The van der Waals surface area contributed by atoms with E-state index in [1.165, 1.54) is 25.2 Å². The van der Waals surface area contributed by atoms with Gasteiger partial charge in [-0.2, -0.15) is 0 Å². The molecule has 0 unspecified atom stereocenters. The molecule has 0 aliphatic heterocycles. The van der Waals surface area contributed by atoms with Gasteiger partial charge < -0.3 is 19.7 Å². The summed E-state index contributed by atoms with van der Waals surface area (Å²) in [6.45, 7) is 5.74. The lowest BCUT2D eigenvalue weighted by molar-refractivity contribution is -0.139. The fourth-order valence-electron chi connectivity index (χ4n) is 3.68. The van der Waals surface area contributed by atoms with Crippen LogP contribution in [0.25, 0.3) is 0 Å². The maximum absolute atomic E-state index is 13.7. The van der Waals surface area contributed by atoms with E-state index < -0.39 is 28.5 Å². The second-order valence-corrected chi connectivity index (χ2v) is 10.5. The summed E-state index contributed by atoms with van der Waals surface area (Å²) in [4.78, 5) is 28.0. The molecule has 2 aromatic carbocycles. The monoisotopic (exact) mass is 519 g/mol. The maximum atomic E-state index is 13.7. The van der Waals surface area contributed by atoms with E-state index in [1.807, 2.05) is 38.1 Å². The summed E-state index contributed by atoms with van der Waals surface area (Å²) in [7, 11) is -1.02. The summed E-state index contributed by atoms with van der Waals surface area (Å²) < 4.78 is 37.2. The van der Waals surface area contributed by atoms with Gasteiger partial charge in [-0.25, -0.2) is 8.42 Å². The number of nitrogens with one attached hydrogen (secondary N) is 1. The van der Waals surface area contributed by atoms with Crippen molar-refractivity contribution in [1.82, 2.24) is 10.2 Å². The molecule has 0 aliphatic carbocycles. The second-order valence-electron chi connectivity index (χ2n) is 8.58. The minimum atomic E-state index is -3.90. The predicted octanol–water partition coefficient (Wildman–Crippen LogP) is 3.11. The van der Waals surface area contributed by atoms with E-state index in [4.69, 9.17) is 9.47 Å². The van der Waals surface area contributed by atoms with Gasteiger partial charge in [0.25, 0.3) is 0 Å². The minimum absolute atomic E-state index is 0.153. The number of nitrogens with zero attached hydrogens (tertiary/aromatic N) is 2. The highest BCUT2D eigenvalue weighted by Crippen LogP contribution is 2.34. The van der Waals surface area contributed by atoms with Crippen LogP contribution < -0.4 is 19.1 Å². The van der Waals surface area contributed by atoms with Gasteiger partial charge >= 0.3 is 0 Å². The SMILES string of the molecule is CCCCNC(=O)[C@H](C)N(Cc1ccccc1C)C(=O)CN(c1cc(OC)ccc1OC)S(C)(=O)=O. The van der Waals surface area contributed by atoms with E-state index >= 15 is 0 Å². The molecule has 0 aliphatic rings. The molecule has 10 heteroatoms.